The van der Waals surface area contributed by atoms with Crippen LogP contribution in [-0.4, -0.2) is 28.9 Å². The molecule has 1 N–H and O–H groups in total. The SMILES string of the molecule is CCCCCCN1C(=O)NC(=O)C1(C)CC. The first-order valence-corrected chi connectivity index (χ1v) is 6.19. The van der Waals surface area contributed by atoms with Gasteiger partial charge in [0.2, 0.25) is 0 Å². The molecule has 16 heavy (non-hydrogen) atoms. The maximum atomic E-state index is 11.7. The molecule has 1 saturated heterocycles. The van der Waals surface area contributed by atoms with E-state index in [0.29, 0.717) is 13.0 Å². The Kier molecular flexibility index (Phi) is 4.33. The molecule has 4 heteroatoms. The Balaban J connectivity index is 2.55. The minimum absolute atomic E-state index is 0.157. The van der Waals surface area contributed by atoms with Crippen molar-refractivity contribution in [2.75, 3.05) is 6.54 Å². The summed E-state index contributed by atoms with van der Waals surface area (Å²) in [4.78, 5) is 25.0. The minimum atomic E-state index is -0.636. The lowest BCUT2D eigenvalue weighted by molar-refractivity contribution is -0.126. The summed E-state index contributed by atoms with van der Waals surface area (Å²) < 4.78 is 0. The Morgan fingerprint density at radius 3 is 2.44 bits per heavy atom. The molecule has 1 atom stereocenters. The monoisotopic (exact) mass is 226 g/mol. The average Bonchev–Trinajstić information content (AvgIpc) is 2.47. The number of hydrogen-bond donors (Lipinski definition) is 1. The molecule has 4 nitrogen and oxygen atoms in total. The number of nitrogens with zero attached hydrogens (tertiary/aromatic N) is 1. The van der Waals surface area contributed by atoms with Gasteiger partial charge in [-0.25, -0.2) is 4.79 Å². The Morgan fingerprint density at radius 2 is 1.88 bits per heavy atom. The van der Waals surface area contributed by atoms with E-state index in [1.807, 2.05) is 13.8 Å². The van der Waals surface area contributed by atoms with Crippen molar-refractivity contribution in [3.63, 3.8) is 0 Å². The predicted molar refractivity (Wildman–Crippen MR) is 63.1 cm³/mol. The van der Waals surface area contributed by atoms with Gasteiger partial charge in [-0.1, -0.05) is 33.1 Å². The molecule has 0 aliphatic carbocycles. The molecular formula is C12H22N2O2. The molecule has 1 fully saturated rings. The van der Waals surface area contributed by atoms with E-state index in [2.05, 4.69) is 12.2 Å². The van der Waals surface area contributed by atoms with Crippen LogP contribution in [0, 0.1) is 0 Å². The average molecular weight is 226 g/mol. The van der Waals surface area contributed by atoms with E-state index >= 15 is 0 Å². The van der Waals surface area contributed by atoms with Crippen molar-refractivity contribution < 1.29 is 9.59 Å². The van der Waals surface area contributed by atoms with Crippen molar-refractivity contribution >= 4 is 11.9 Å². The first-order valence-electron chi connectivity index (χ1n) is 6.19. The molecule has 92 valence electrons. The summed E-state index contributed by atoms with van der Waals surface area (Å²) in [6.07, 6.45) is 5.12. The second-order valence-corrected chi connectivity index (χ2v) is 4.60. The van der Waals surface area contributed by atoms with Gasteiger partial charge in [-0.05, 0) is 19.8 Å². The summed E-state index contributed by atoms with van der Waals surface area (Å²) in [5, 5.41) is 2.40. The second kappa shape index (κ2) is 5.32. The van der Waals surface area contributed by atoms with Crippen molar-refractivity contribution in [2.24, 2.45) is 0 Å². The van der Waals surface area contributed by atoms with Gasteiger partial charge >= 0.3 is 6.03 Å². The minimum Gasteiger partial charge on any atom is -0.310 e. The second-order valence-electron chi connectivity index (χ2n) is 4.60. The van der Waals surface area contributed by atoms with E-state index < -0.39 is 5.54 Å². The van der Waals surface area contributed by atoms with E-state index in [1.54, 1.807) is 4.90 Å². The van der Waals surface area contributed by atoms with Gasteiger partial charge in [0.25, 0.3) is 5.91 Å². The maximum absolute atomic E-state index is 11.7. The van der Waals surface area contributed by atoms with E-state index in [1.165, 1.54) is 12.8 Å². The van der Waals surface area contributed by atoms with Crippen LogP contribution in [0.15, 0.2) is 0 Å². The largest absolute Gasteiger partial charge is 0.325 e. The third kappa shape index (κ3) is 2.36. The van der Waals surface area contributed by atoms with Gasteiger partial charge in [0.15, 0.2) is 0 Å². The van der Waals surface area contributed by atoms with Gasteiger partial charge in [0.05, 0.1) is 0 Å². The molecule has 0 aromatic rings. The van der Waals surface area contributed by atoms with Crippen LogP contribution in [0.4, 0.5) is 4.79 Å². The van der Waals surface area contributed by atoms with E-state index in [-0.39, 0.29) is 11.9 Å². The fourth-order valence-electron chi connectivity index (χ4n) is 2.04. The number of imide groups is 1. The number of nitrogens with one attached hydrogen (secondary N) is 1. The van der Waals surface area contributed by atoms with Gasteiger partial charge < -0.3 is 4.90 Å². The summed E-state index contributed by atoms with van der Waals surface area (Å²) in [5.74, 6) is -0.157. The Bertz CT molecular complexity index is 278. The number of unbranched alkanes of at least 4 members (excludes halogenated alkanes) is 3. The van der Waals surface area contributed by atoms with E-state index in [4.69, 9.17) is 0 Å². The van der Waals surface area contributed by atoms with Crippen LogP contribution in [0.25, 0.3) is 0 Å². The van der Waals surface area contributed by atoms with Crippen LogP contribution < -0.4 is 5.32 Å². The quantitative estimate of drug-likeness (QED) is 0.558. The molecule has 1 heterocycles. The summed E-state index contributed by atoms with van der Waals surface area (Å²) in [6.45, 7) is 6.62. The van der Waals surface area contributed by atoms with Gasteiger partial charge in [0.1, 0.15) is 5.54 Å². The molecule has 0 aromatic carbocycles. The van der Waals surface area contributed by atoms with Gasteiger partial charge in [-0.2, -0.15) is 0 Å². The first kappa shape index (κ1) is 13.0. The Labute approximate surface area is 97.4 Å². The van der Waals surface area contributed by atoms with Crippen molar-refractivity contribution in [3.05, 3.63) is 0 Å². The topological polar surface area (TPSA) is 49.4 Å². The van der Waals surface area contributed by atoms with Gasteiger partial charge in [0, 0.05) is 6.54 Å². The smallest absolute Gasteiger partial charge is 0.310 e. The number of hydrogen-bond acceptors (Lipinski definition) is 2. The van der Waals surface area contributed by atoms with Crippen molar-refractivity contribution in [1.82, 2.24) is 10.2 Å². The van der Waals surface area contributed by atoms with Crippen LogP contribution >= 0.6 is 0 Å². The lowest BCUT2D eigenvalue weighted by atomic mass is 9.97. The van der Waals surface area contributed by atoms with Crippen LogP contribution in [0.3, 0.4) is 0 Å². The normalized spacial score (nSPS) is 25.1. The molecule has 0 bridgehead atoms. The number of amides is 3. The van der Waals surface area contributed by atoms with E-state index in [9.17, 15) is 9.59 Å². The van der Waals surface area contributed by atoms with Crippen molar-refractivity contribution in [3.8, 4) is 0 Å². The van der Waals surface area contributed by atoms with Crippen LogP contribution in [0.1, 0.15) is 52.9 Å². The molecular weight excluding hydrogens is 204 g/mol. The molecule has 1 rings (SSSR count). The van der Waals surface area contributed by atoms with Crippen LogP contribution in [-0.2, 0) is 4.79 Å². The Hall–Kier alpha value is -1.06. The first-order chi connectivity index (χ1) is 7.56. The highest BCUT2D eigenvalue weighted by Crippen LogP contribution is 2.25. The molecule has 0 radical (unpaired) electrons. The molecule has 1 unspecified atom stereocenters. The summed E-state index contributed by atoms with van der Waals surface area (Å²) in [6, 6.07) is -0.231. The molecule has 1 aliphatic rings. The highest BCUT2D eigenvalue weighted by Gasteiger charge is 2.47. The molecule has 3 amide bonds. The highest BCUT2D eigenvalue weighted by atomic mass is 16.2. The third-order valence-electron chi connectivity index (χ3n) is 3.47. The fourth-order valence-corrected chi connectivity index (χ4v) is 2.04. The lowest BCUT2D eigenvalue weighted by Crippen LogP contribution is -2.46. The predicted octanol–water partition coefficient (Wildman–Crippen LogP) is 2.29. The molecule has 1 aliphatic heterocycles. The lowest BCUT2D eigenvalue weighted by Gasteiger charge is -2.30. The molecule has 0 saturated carbocycles. The number of carbonyl (C=O) groups excluding carboxylic acids is 2. The van der Waals surface area contributed by atoms with Crippen molar-refractivity contribution in [1.29, 1.82) is 0 Å². The van der Waals surface area contributed by atoms with Gasteiger partial charge in [-0.15, -0.1) is 0 Å². The van der Waals surface area contributed by atoms with Crippen LogP contribution in [0.5, 0.6) is 0 Å². The maximum Gasteiger partial charge on any atom is 0.325 e. The van der Waals surface area contributed by atoms with E-state index in [0.717, 1.165) is 12.8 Å². The number of rotatable bonds is 6. The Morgan fingerprint density at radius 1 is 1.19 bits per heavy atom. The zero-order valence-electron chi connectivity index (χ0n) is 10.5. The summed E-state index contributed by atoms with van der Waals surface area (Å²) >= 11 is 0. The zero-order chi connectivity index (χ0) is 12.2. The van der Waals surface area contributed by atoms with Crippen LogP contribution in [0.2, 0.25) is 0 Å². The number of urea groups is 1. The highest BCUT2D eigenvalue weighted by molar-refractivity contribution is 6.06. The fraction of sp³-hybridized carbons (Fsp3) is 0.833. The molecule has 0 aromatic heterocycles. The standard InChI is InChI=1S/C12H22N2O2/c1-4-6-7-8-9-14-11(16)13-10(15)12(14,3)5-2/h4-9H2,1-3H3,(H,13,15,16). The van der Waals surface area contributed by atoms with Crippen molar-refractivity contribution in [2.45, 2.75) is 58.4 Å². The summed E-state index contributed by atoms with van der Waals surface area (Å²) in [5.41, 5.74) is -0.636. The van der Waals surface area contributed by atoms with Gasteiger partial charge in [-0.3, -0.25) is 10.1 Å². The summed E-state index contributed by atoms with van der Waals surface area (Å²) in [7, 11) is 0. The third-order valence-corrected chi connectivity index (χ3v) is 3.47. The number of carbonyl (C=O) groups is 2. The zero-order valence-corrected chi connectivity index (χ0v) is 10.5. The molecule has 0 spiro atoms.